The Labute approximate surface area is 136 Å². The zero-order valence-corrected chi connectivity index (χ0v) is 12.5. The van der Waals surface area contributed by atoms with E-state index in [2.05, 4.69) is 20.1 Å². The molecule has 4 aromatic rings. The SMILES string of the molecule is OCCn1ncc2cc(Oc3nc(O)c4ccncc4n3)ccc21. The summed E-state index contributed by atoms with van der Waals surface area (Å²) in [6, 6.07) is 7.07. The molecule has 0 saturated heterocycles. The van der Waals surface area contributed by atoms with E-state index in [1.54, 1.807) is 35.3 Å². The second-order valence-corrected chi connectivity index (χ2v) is 5.14. The maximum absolute atomic E-state index is 9.97. The molecule has 0 amide bonds. The summed E-state index contributed by atoms with van der Waals surface area (Å²) in [7, 11) is 0. The first kappa shape index (κ1) is 14.3. The lowest BCUT2D eigenvalue weighted by atomic mass is 10.2. The topological polar surface area (TPSA) is 106 Å². The number of aromatic nitrogens is 5. The number of hydrogen-bond donors (Lipinski definition) is 2. The third kappa shape index (κ3) is 2.48. The number of benzene rings is 1. The van der Waals surface area contributed by atoms with E-state index in [1.807, 2.05) is 6.07 Å². The highest BCUT2D eigenvalue weighted by molar-refractivity contribution is 5.82. The molecule has 8 heteroatoms. The number of pyridine rings is 1. The average Bonchev–Trinajstić information content (AvgIpc) is 2.98. The van der Waals surface area contributed by atoms with Gasteiger partial charge in [-0.15, -0.1) is 0 Å². The maximum atomic E-state index is 9.97. The van der Waals surface area contributed by atoms with Gasteiger partial charge in [-0.1, -0.05) is 0 Å². The minimum Gasteiger partial charge on any atom is -0.493 e. The molecule has 0 aliphatic heterocycles. The quantitative estimate of drug-likeness (QED) is 0.590. The molecule has 0 spiro atoms. The molecule has 1 aromatic carbocycles. The monoisotopic (exact) mass is 323 g/mol. The maximum Gasteiger partial charge on any atom is 0.325 e. The summed E-state index contributed by atoms with van der Waals surface area (Å²) in [5, 5.41) is 24.6. The van der Waals surface area contributed by atoms with Gasteiger partial charge in [0.15, 0.2) is 0 Å². The molecule has 0 radical (unpaired) electrons. The van der Waals surface area contributed by atoms with Crippen molar-refractivity contribution in [3.63, 3.8) is 0 Å². The van der Waals surface area contributed by atoms with Crippen molar-refractivity contribution in [2.75, 3.05) is 6.61 Å². The van der Waals surface area contributed by atoms with Crippen molar-refractivity contribution in [2.45, 2.75) is 6.54 Å². The van der Waals surface area contributed by atoms with E-state index in [4.69, 9.17) is 9.84 Å². The third-order valence-corrected chi connectivity index (χ3v) is 3.59. The number of rotatable bonds is 4. The van der Waals surface area contributed by atoms with E-state index in [-0.39, 0.29) is 18.5 Å². The van der Waals surface area contributed by atoms with Gasteiger partial charge in [0.05, 0.1) is 42.0 Å². The predicted molar refractivity (Wildman–Crippen MR) is 85.9 cm³/mol. The van der Waals surface area contributed by atoms with Crippen LogP contribution in [0.5, 0.6) is 17.6 Å². The Bertz CT molecular complexity index is 1030. The Kier molecular flexibility index (Phi) is 3.43. The van der Waals surface area contributed by atoms with E-state index in [9.17, 15) is 5.11 Å². The van der Waals surface area contributed by atoms with E-state index < -0.39 is 0 Å². The molecule has 3 aromatic heterocycles. The van der Waals surface area contributed by atoms with Gasteiger partial charge >= 0.3 is 6.01 Å². The van der Waals surface area contributed by atoms with Crippen LogP contribution in [-0.4, -0.2) is 41.6 Å². The van der Waals surface area contributed by atoms with Crippen LogP contribution in [0.25, 0.3) is 21.8 Å². The highest BCUT2D eigenvalue weighted by atomic mass is 16.5. The van der Waals surface area contributed by atoms with Crippen molar-refractivity contribution in [1.29, 1.82) is 0 Å². The number of ether oxygens (including phenoxy) is 1. The second-order valence-electron chi connectivity index (χ2n) is 5.14. The Hall–Kier alpha value is -3.26. The lowest BCUT2D eigenvalue weighted by Crippen LogP contribution is -2.03. The van der Waals surface area contributed by atoms with E-state index in [0.29, 0.717) is 23.2 Å². The van der Waals surface area contributed by atoms with Crippen molar-refractivity contribution >= 4 is 21.8 Å². The molecular weight excluding hydrogens is 310 g/mol. The summed E-state index contributed by atoms with van der Waals surface area (Å²) < 4.78 is 7.36. The Morgan fingerprint density at radius 3 is 2.92 bits per heavy atom. The fourth-order valence-electron chi connectivity index (χ4n) is 2.50. The molecule has 3 heterocycles. The Morgan fingerprint density at radius 2 is 2.04 bits per heavy atom. The molecular formula is C16H13N5O3. The number of aliphatic hydroxyl groups excluding tert-OH is 1. The smallest absolute Gasteiger partial charge is 0.325 e. The van der Waals surface area contributed by atoms with Gasteiger partial charge in [-0.2, -0.15) is 15.1 Å². The van der Waals surface area contributed by atoms with Crippen LogP contribution < -0.4 is 4.74 Å². The van der Waals surface area contributed by atoms with Crippen molar-refractivity contribution in [3.05, 3.63) is 42.9 Å². The zero-order chi connectivity index (χ0) is 16.5. The Morgan fingerprint density at radius 1 is 1.12 bits per heavy atom. The van der Waals surface area contributed by atoms with E-state index in [1.165, 1.54) is 6.20 Å². The molecule has 0 bridgehead atoms. The molecule has 24 heavy (non-hydrogen) atoms. The van der Waals surface area contributed by atoms with Crippen LogP contribution in [0.3, 0.4) is 0 Å². The summed E-state index contributed by atoms with van der Waals surface area (Å²) in [4.78, 5) is 12.2. The van der Waals surface area contributed by atoms with E-state index in [0.717, 1.165) is 10.9 Å². The third-order valence-electron chi connectivity index (χ3n) is 3.59. The van der Waals surface area contributed by atoms with Gasteiger partial charge in [-0.25, -0.2) is 0 Å². The molecule has 0 aliphatic carbocycles. The van der Waals surface area contributed by atoms with Crippen LogP contribution in [-0.2, 0) is 6.54 Å². The molecule has 0 aliphatic rings. The van der Waals surface area contributed by atoms with Crippen molar-refractivity contribution in [1.82, 2.24) is 24.7 Å². The predicted octanol–water partition coefficient (Wildman–Crippen LogP) is 1.86. The number of aliphatic hydroxyl groups is 1. The van der Waals surface area contributed by atoms with Crippen LogP contribution in [0.1, 0.15) is 0 Å². The van der Waals surface area contributed by atoms with Gasteiger partial charge in [0, 0.05) is 11.6 Å². The van der Waals surface area contributed by atoms with Crippen molar-refractivity contribution in [3.8, 4) is 17.6 Å². The first-order valence-corrected chi connectivity index (χ1v) is 7.29. The zero-order valence-electron chi connectivity index (χ0n) is 12.5. The molecule has 120 valence electrons. The lowest BCUT2D eigenvalue weighted by Gasteiger charge is -2.06. The fraction of sp³-hybridized carbons (Fsp3) is 0.125. The summed E-state index contributed by atoms with van der Waals surface area (Å²) in [6.07, 6.45) is 4.79. The van der Waals surface area contributed by atoms with Gasteiger partial charge in [0.25, 0.3) is 0 Å². The number of aromatic hydroxyl groups is 1. The minimum atomic E-state index is -0.158. The van der Waals surface area contributed by atoms with Gasteiger partial charge < -0.3 is 14.9 Å². The van der Waals surface area contributed by atoms with Crippen LogP contribution in [0.15, 0.2) is 42.9 Å². The van der Waals surface area contributed by atoms with Crippen LogP contribution >= 0.6 is 0 Å². The molecule has 0 fully saturated rings. The lowest BCUT2D eigenvalue weighted by molar-refractivity contribution is 0.271. The number of nitrogens with zero attached hydrogens (tertiary/aromatic N) is 5. The number of hydrogen-bond acceptors (Lipinski definition) is 7. The summed E-state index contributed by atoms with van der Waals surface area (Å²) in [5.74, 6) is 0.364. The molecule has 0 saturated carbocycles. The van der Waals surface area contributed by atoms with Gasteiger partial charge in [0.1, 0.15) is 5.75 Å². The molecule has 2 N–H and O–H groups in total. The standard InChI is InChI=1S/C16H13N5O3/c22-6-5-21-14-2-1-11(7-10(14)8-18-21)24-16-19-13-9-17-4-3-12(13)15(23)20-16/h1-4,7-9,22H,5-6H2,(H,19,20,23). The van der Waals surface area contributed by atoms with Gasteiger partial charge in [0.2, 0.25) is 5.88 Å². The normalized spacial score (nSPS) is 11.2. The first-order chi connectivity index (χ1) is 11.7. The highest BCUT2D eigenvalue weighted by Crippen LogP contribution is 2.27. The second kappa shape index (κ2) is 5.74. The van der Waals surface area contributed by atoms with Gasteiger partial charge in [-0.05, 0) is 24.3 Å². The fourth-order valence-corrected chi connectivity index (χ4v) is 2.50. The summed E-state index contributed by atoms with van der Waals surface area (Å²) >= 11 is 0. The first-order valence-electron chi connectivity index (χ1n) is 7.29. The molecule has 0 atom stereocenters. The minimum absolute atomic E-state index is 0.0211. The van der Waals surface area contributed by atoms with Crippen LogP contribution in [0.4, 0.5) is 0 Å². The van der Waals surface area contributed by atoms with Crippen molar-refractivity contribution < 1.29 is 14.9 Å². The van der Waals surface area contributed by atoms with E-state index >= 15 is 0 Å². The molecule has 4 rings (SSSR count). The summed E-state index contributed by atoms with van der Waals surface area (Å²) in [5.41, 5.74) is 1.39. The Balaban J connectivity index is 1.69. The molecule has 8 nitrogen and oxygen atoms in total. The average molecular weight is 323 g/mol. The molecule has 0 unspecified atom stereocenters. The highest BCUT2D eigenvalue weighted by Gasteiger charge is 2.10. The van der Waals surface area contributed by atoms with Crippen LogP contribution in [0.2, 0.25) is 0 Å². The number of fused-ring (bicyclic) bond motifs is 2. The van der Waals surface area contributed by atoms with Crippen molar-refractivity contribution in [2.24, 2.45) is 0 Å². The largest absolute Gasteiger partial charge is 0.493 e. The van der Waals surface area contributed by atoms with Crippen LogP contribution in [0, 0.1) is 0 Å². The summed E-state index contributed by atoms with van der Waals surface area (Å²) in [6.45, 7) is 0.450. The van der Waals surface area contributed by atoms with Gasteiger partial charge in [-0.3, -0.25) is 9.67 Å².